The summed E-state index contributed by atoms with van der Waals surface area (Å²) in [5.41, 5.74) is 7.56. The number of Topliss-reactive ketones (excluding diaryl/α,β-unsaturated/α-hetero) is 1. The molecule has 1 atom stereocenters. The van der Waals surface area contributed by atoms with Crippen LogP contribution in [0.1, 0.15) is 46.9 Å². The van der Waals surface area contributed by atoms with Crippen molar-refractivity contribution in [2.45, 2.75) is 25.3 Å². The third kappa shape index (κ3) is 4.37. The molecule has 0 bridgehead atoms. The molecule has 1 aliphatic heterocycles. The number of ketones is 1. The first-order valence-electron chi connectivity index (χ1n) is 11.9. The van der Waals surface area contributed by atoms with Crippen molar-refractivity contribution in [3.8, 4) is 23.3 Å². The molecular weight excluding hydrogens is 477 g/mol. The van der Waals surface area contributed by atoms with Gasteiger partial charge in [-0.25, -0.2) is 9.37 Å². The molecule has 3 heterocycles. The molecule has 2 aromatic heterocycles. The van der Waals surface area contributed by atoms with Crippen molar-refractivity contribution in [2.24, 2.45) is 5.92 Å². The number of likely N-dealkylation sites (tertiary alicyclic amines) is 1. The standard InChI is InChI=1S/C27H26FN5O4/c1-4-22(34)32-10-9-17(14-32)33-25-19(26(35)15-5-6-15)13-30-27(29)23(25)20(31-33)8-7-16-11-18(36-2)12-21(37-3)24(16)28/h4,11-13,15,17H,1,5-6,9-10,14H2,2-3H3,(H2,29,30)/t17-/m0/s1. The van der Waals surface area contributed by atoms with E-state index in [1.54, 1.807) is 9.58 Å². The Labute approximate surface area is 213 Å². The number of methoxy groups -OCH3 is 2. The second kappa shape index (κ2) is 9.58. The van der Waals surface area contributed by atoms with Crippen LogP contribution in [0.3, 0.4) is 0 Å². The number of aromatic nitrogens is 3. The highest BCUT2D eigenvalue weighted by Crippen LogP contribution is 2.38. The summed E-state index contributed by atoms with van der Waals surface area (Å²) >= 11 is 0. The Hall–Kier alpha value is -4.39. The van der Waals surface area contributed by atoms with Crippen LogP contribution in [0.5, 0.6) is 11.5 Å². The highest BCUT2D eigenvalue weighted by molar-refractivity contribution is 6.11. The van der Waals surface area contributed by atoms with Crippen LogP contribution < -0.4 is 15.2 Å². The fourth-order valence-corrected chi connectivity index (χ4v) is 4.62. The molecule has 5 rings (SSSR count). The second-order valence-electron chi connectivity index (χ2n) is 9.08. The van der Waals surface area contributed by atoms with E-state index in [9.17, 15) is 14.0 Å². The summed E-state index contributed by atoms with van der Waals surface area (Å²) < 4.78 is 27.0. The van der Waals surface area contributed by atoms with Gasteiger partial charge in [-0.3, -0.25) is 14.3 Å². The average molecular weight is 504 g/mol. The number of carbonyl (C=O) groups is 2. The van der Waals surface area contributed by atoms with E-state index in [0.717, 1.165) is 12.8 Å². The summed E-state index contributed by atoms with van der Waals surface area (Å²) in [7, 11) is 2.82. The van der Waals surface area contributed by atoms with Crippen LogP contribution in [0.2, 0.25) is 0 Å². The number of rotatable bonds is 6. The number of anilines is 1. The zero-order valence-corrected chi connectivity index (χ0v) is 20.6. The molecule has 1 aromatic carbocycles. The van der Waals surface area contributed by atoms with Gasteiger partial charge >= 0.3 is 0 Å². The van der Waals surface area contributed by atoms with Gasteiger partial charge in [-0.2, -0.15) is 5.10 Å². The lowest BCUT2D eigenvalue weighted by Gasteiger charge is -2.16. The number of halogens is 1. The van der Waals surface area contributed by atoms with Gasteiger partial charge in [-0.05, 0) is 37.3 Å². The van der Waals surface area contributed by atoms with Crippen molar-refractivity contribution in [1.29, 1.82) is 0 Å². The first-order chi connectivity index (χ1) is 17.9. The van der Waals surface area contributed by atoms with Gasteiger partial charge in [0.1, 0.15) is 17.3 Å². The van der Waals surface area contributed by atoms with E-state index in [1.165, 1.54) is 38.6 Å². The molecule has 2 fully saturated rings. The largest absolute Gasteiger partial charge is 0.497 e. The molecule has 10 heteroatoms. The van der Waals surface area contributed by atoms with E-state index < -0.39 is 5.82 Å². The molecule has 1 amide bonds. The monoisotopic (exact) mass is 503 g/mol. The number of benzene rings is 1. The van der Waals surface area contributed by atoms with Gasteiger partial charge in [0.2, 0.25) is 5.91 Å². The van der Waals surface area contributed by atoms with Crippen molar-refractivity contribution in [3.63, 3.8) is 0 Å². The van der Waals surface area contributed by atoms with Crippen molar-refractivity contribution in [1.82, 2.24) is 19.7 Å². The first-order valence-corrected chi connectivity index (χ1v) is 11.9. The molecule has 37 heavy (non-hydrogen) atoms. The van der Waals surface area contributed by atoms with Crippen LogP contribution in [-0.2, 0) is 4.79 Å². The Morgan fingerprint density at radius 3 is 2.68 bits per heavy atom. The smallest absolute Gasteiger partial charge is 0.246 e. The van der Waals surface area contributed by atoms with Crippen molar-refractivity contribution in [2.75, 3.05) is 33.0 Å². The molecule has 9 nitrogen and oxygen atoms in total. The van der Waals surface area contributed by atoms with E-state index in [0.29, 0.717) is 41.7 Å². The predicted octanol–water partition coefficient (Wildman–Crippen LogP) is 3.12. The number of pyridine rings is 1. The third-order valence-electron chi connectivity index (χ3n) is 6.75. The van der Waals surface area contributed by atoms with Crippen molar-refractivity contribution >= 4 is 28.4 Å². The topological polar surface area (TPSA) is 113 Å². The zero-order chi connectivity index (χ0) is 26.3. The maximum atomic E-state index is 14.9. The number of ether oxygens (including phenoxy) is 2. The molecule has 1 saturated heterocycles. The minimum absolute atomic E-state index is 0.00420. The molecule has 1 aliphatic carbocycles. The van der Waals surface area contributed by atoms with E-state index in [1.807, 2.05) is 0 Å². The number of hydrogen-bond acceptors (Lipinski definition) is 7. The Bertz CT molecular complexity index is 1500. The van der Waals surface area contributed by atoms with E-state index in [2.05, 4.69) is 23.4 Å². The molecule has 190 valence electrons. The number of hydrogen-bond donors (Lipinski definition) is 1. The zero-order valence-electron chi connectivity index (χ0n) is 20.6. The van der Waals surface area contributed by atoms with E-state index in [4.69, 9.17) is 20.3 Å². The average Bonchev–Trinajstić information content (AvgIpc) is 3.52. The summed E-state index contributed by atoms with van der Waals surface area (Å²) in [6.07, 6.45) is 5.05. The predicted molar refractivity (Wildman–Crippen MR) is 135 cm³/mol. The van der Waals surface area contributed by atoms with Crippen LogP contribution in [0.15, 0.2) is 31.0 Å². The lowest BCUT2D eigenvalue weighted by Crippen LogP contribution is -2.27. The van der Waals surface area contributed by atoms with Crippen LogP contribution in [0.4, 0.5) is 10.2 Å². The van der Waals surface area contributed by atoms with Gasteiger partial charge in [0, 0.05) is 31.3 Å². The number of amides is 1. The minimum Gasteiger partial charge on any atom is -0.497 e. The van der Waals surface area contributed by atoms with E-state index in [-0.39, 0.29) is 46.5 Å². The first kappa shape index (κ1) is 24.3. The number of carbonyl (C=O) groups excluding carboxylic acids is 2. The lowest BCUT2D eigenvalue weighted by atomic mass is 10.0. The summed E-state index contributed by atoms with van der Waals surface area (Å²) in [5, 5.41) is 5.16. The Balaban J connectivity index is 1.67. The fourth-order valence-electron chi connectivity index (χ4n) is 4.62. The maximum Gasteiger partial charge on any atom is 0.246 e. The Morgan fingerprint density at radius 2 is 2.00 bits per heavy atom. The molecule has 2 aliphatic rings. The Kier molecular flexibility index (Phi) is 6.29. The van der Waals surface area contributed by atoms with Gasteiger partial charge < -0.3 is 20.1 Å². The summed E-state index contributed by atoms with van der Waals surface area (Å²) in [4.78, 5) is 31.3. The molecule has 0 radical (unpaired) electrons. The number of fused-ring (bicyclic) bond motifs is 1. The van der Waals surface area contributed by atoms with Crippen molar-refractivity contribution in [3.05, 3.63) is 53.6 Å². The highest BCUT2D eigenvalue weighted by atomic mass is 19.1. The number of nitrogen functional groups attached to an aromatic ring is 1. The third-order valence-corrected chi connectivity index (χ3v) is 6.75. The maximum absolute atomic E-state index is 14.9. The van der Waals surface area contributed by atoms with E-state index >= 15 is 0 Å². The molecule has 0 unspecified atom stereocenters. The summed E-state index contributed by atoms with van der Waals surface area (Å²) in [5.74, 6) is 5.42. The van der Waals surface area contributed by atoms with Gasteiger partial charge in [0.15, 0.2) is 17.3 Å². The molecule has 0 spiro atoms. The fraction of sp³-hybridized carbons (Fsp3) is 0.333. The summed E-state index contributed by atoms with van der Waals surface area (Å²) in [6.45, 7) is 4.49. The highest BCUT2D eigenvalue weighted by Gasteiger charge is 2.35. The van der Waals surface area contributed by atoms with Crippen LogP contribution in [-0.4, -0.2) is 58.7 Å². The second-order valence-corrected chi connectivity index (χ2v) is 9.08. The quantitative estimate of drug-likeness (QED) is 0.312. The molecule has 2 N–H and O–H groups in total. The van der Waals surface area contributed by atoms with Gasteiger partial charge in [-0.15, -0.1) is 0 Å². The van der Waals surface area contributed by atoms with Gasteiger partial charge in [0.05, 0.1) is 42.3 Å². The lowest BCUT2D eigenvalue weighted by molar-refractivity contribution is -0.125. The number of nitrogens with two attached hydrogens (primary N) is 1. The van der Waals surface area contributed by atoms with Crippen LogP contribution in [0, 0.1) is 23.6 Å². The van der Waals surface area contributed by atoms with Crippen LogP contribution >= 0.6 is 0 Å². The Morgan fingerprint density at radius 1 is 1.22 bits per heavy atom. The van der Waals surface area contributed by atoms with Crippen molar-refractivity contribution < 1.29 is 23.5 Å². The molecule has 3 aromatic rings. The number of nitrogens with zero attached hydrogens (tertiary/aromatic N) is 4. The normalized spacial score (nSPS) is 16.8. The minimum atomic E-state index is -0.635. The van der Waals surface area contributed by atoms with Gasteiger partial charge in [0.25, 0.3) is 0 Å². The summed E-state index contributed by atoms with van der Waals surface area (Å²) in [6, 6.07) is 2.69. The molecule has 1 saturated carbocycles. The SMILES string of the molecule is C=CC(=O)N1CC[C@H](n2nc(C#Cc3cc(OC)cc(OC)c3F)c3c(N)ncc(C(=O)C4CC4)c32)C1. The van der Waals surface area contributed by atoms with Crippen LogP contribution in [0.25, 0.3) is 10.9 Å². The van der Waals surface area contributed by atoms with Gasteiger partial charge in [-0.1, -0.05) is 12.5 Å². The molecular formula is C27H26FN5O4.